The van der Waals surface area contributed by atoms with Gasteiger partial charge in [-0.3, -0.25) is 9.59 Å². The summed E-state index contributed by atoms with van der Waals surface area (Å²) in [7, 11) is 2.56. The van der Waals surface area contributed by atoms with Crippen LogP contribution in [0.15, 0.2) is 73.1 Å². The number of alkyl carbamates (subject to hydrolysis) is 2. The molecule has 0 radical (unpaired) electrons. The molecule has 63 heavy (non-hydrogen) atoms. The maximum absolute atomic E-state index is 14.0. The van der Waals surface area contributed by atoms with Crippen molar-refractivity contribution in [1.82, 2.24) is 40.4 Å². The van der Waals surface area contributed by atoms with Crippen LogP contribution in [0.25, 0.3) is 44.4 Å². The van der Waals surface area contributed by atoms with Gasteiger partial charge < -0.3 is 39.9 Å². The minimum atomic E-state index is -0.862. The van der Waals surface area contributed by atoms with Crippen molar-refractivity contribution in [1.29, 1.82) is 5.26 Å². The minimum absolute atomic E-state index is 0.111. The second-order valence-electron chi connectivity index (χ2n) is 18.8. The number of hydrogen-bond acceptors (Lipinski definition) is 9. The van der Waals surface area contributed by atoms with E-state index in [1.54, 1.807) is 11.1 Å². The summed E-state index contributed by atoms with van der Waals surface area (Å²) in [5, 5.41) is 17.4. The first kappa shape index (κ1) is 43.0. The van der Waals surface area contributed by atoms with Gasteiger partial charge in [0.15, 0.2) is 0 Å². The number of benzene rings is 3. The number of rotatable bonds is 10. The second kappa shape index (κ2) is 16.9. The Bertz CT molecular complexity index is 2580. The van der Waals surface area contributed by atoms with Gasteiger partial charge in [-0.2, -0.15) is 5.26 Å². The van der Waals surface area contributed by atoms with Crippen LogP contribution < -0.4 is 10.6 Å². The van der Waals surface area contributed by atoms with Gasteiger partial charge in [0.25, 0.3) is 0 Å². The van der Waals surface area contributed by atoms with Gasteiger partial charge in [-0.15, -0.1) is 0 Å². The Balaban J connectivity index is 0.966. The van der Waals surface area contributed by atoms with E-state index in [0.29, 0.717) is 18.8 Å². The Morgan fingerprint density at radius 1 is 0.778 bits per heavy atom. The molecule has 4 heterocycles. The molecule has 1 aliphatic carbocycles. The average Bonchev–Trinajstić information content (AvgIpc) is 3.78. The second-order valence-corrected chi connectivity index (χ2v) is 18.8. The lowest BCUT2D eigenvalue weighted by atomic mass is 9.85. The van der Waals surface area contributed by atoms with E-state index in [-0.39, 0.29) is 41.7 Å². The third kappa shape index (κ3) is 8.71. The highest BCUT2D eigenvalue weighted by atomic mass is 16.5. The number of likely N-dealkylation sites (tertiary alicyclic amines) is 2. The number of fused-ring (bicyclic) bond motifs is 1. The van der Waals surface area contributed by atoms with Crippen LogP contribution in [0.4, 0.5) is 9.59 Å². The lowest BCUT2D eigenvalue weighted by molar-refractivity contribution is -0.137. The first-order valence-electron chi connectivity index (χ1n) is 21.5. The Morgan fingerprint density at radius 2 is 1.33 bits per heavy atom. The quantitative estimate of drug-likeness (QED) is 0.108. The highest BCUT2D eigenvalue weighted by Crippen LogP contribution is 2.58. The van der Waals surface area contributed by atoms with Crippen LogP contribution in [-0.2, 0) is 19.1 Å². The molecule has 328 valence electrons. The standard InChI is InChI=1S/C48H55N9O6/c1-27(2)39(54-45(60)62-6)43(58)57-26-48(16-17-48)21-38(57)42-51-23-35(52-42)30-10-8-29(9-11-30)31-12-13-33-20-34(15-14-32(33)19-31)36-24-50-41(53-36)37-18-28(22-49)25-56(37)44(59)40(47(3,4)5)55-46(61)63-7/h8-15,19-20,23-24,27-28,37-40H,16-18,21,25-26H2,1-7H3,(H,50,53)(H,51,52)(H,54,60)(H,55,61)/t28-,37+,38+,39+,40-/m1/s1. The zero-order valence-corrected chi connectivity index (χ0v) is 36.8. The van der Waals surface area contributed by atoms with Crippen LogP contribution in [0.5, 0.6) is 0 Å². The number of methoxy groups -OCH3 is 2. The number of ether oxygens (including phenoxy) is 2. The summed E-state index contributed by atoms with van der Waals surface area (Å²) in [6, 6.07) is 21.0. The molecule has 3 aromatic carbocycles. The third-order valence-corrected chi connectivity index (χ3v) is 13.0. The number of hydrogen-bond donors (Lipinski definition) is 4. The van der Waals surface area contributed by atoms with E-state index in [1.807, 2.05) is 51.8 Å². The number of carbonyl (C=O) groups excluding carboxylic acids is 4. The first-order chi connectivity index (χ1) is 30.1. The SMILES string of the molecule is COC(=O)N[C@H](C(=O)N1CC2(CC2)C[C@H]1c1ncc(-c2ccc(-c3ccc4cc(-c5cnc([C@@H]6C[C@H](C#N)CN6C(=O)[C@@H](NC(=O)OC)C(C)(C)C)[nH]5)ccc4c3)cc2)[nH]1)C(C)C. The number of carbonyl (C=O) groups is 4. The van der Waals surface area contributed by atoms with Crippen molar-refractivity contribution in [3.63, 3.8) is 0 Å². The monoisotopic (exact) mass is 853 g/mol. The van der Waals surface area contributed by atoms with Crippen molar-refractivity contribution in [2.24, 2.45) is 22.7 Å². The van der Waals surface area contributed by atoms with Crippen LogP contribution in [-0.4, -0.2) is 93.1 Å². The van der Waals surface area contributed by atoms with E-state index in [9.17, 15) is 24.4 Å². The lowest BCUT2D eigenvalue weighted by Crippen LogP contribution is -2.54. The van der Waals surface area contributed by atoms with E-state index < -0.39 is 35.7 Å². The van der Waals surface area contributed by atoms with Crippen molar-refractivity contribution in [2.75, 3.05) is 27.3 Å². The zero-order valence-electron chi connectivity index (χ0n) is 36.8. The first-order valence-corrected chi connectivity index (χ1v) is 21.5. The maximum Gasteiger partial charge on any atom is 0.407 e. The number of nitriles is 1. The van der Waals surface area contributed by atoms with Crippen molar-refractivity contribution < 1.29 is 28.7 Å². The topological polar surface area (TPSA) is 198 Å². The molecule has 0 bridgehead atoms. The van der Waals surface area contributed by atoms with E-state index in [2.05, 4.69) is 81.3 Å². The molecular weight excluding hydrogens is 799 g/mol. The number of nitrogens with one attached hydrogen (secondary N) is 4. The molecule has 4 amide bonds. The Kier molecular flexibility index (Phi) is 11.5. The van der Waals surface area contributed by atoms with E-state index in [1.165, 1.54) is 14.2 Å². The number of amides is 4. The molecule has 3 aliphatic rings. The molecule has 2 aliphatic heterocycles. The van der Waals surface area contributed by atoms with Crippen LogP contribution in [0.2, 0.25) is 0 Å². The fraction of sp³-hybridized carbons (Fsp3) is 0.438. The third-order valence-electron chi connectivity index (χ3n) is 13.0. The molecule has 15 heteroatoms. The van der Waals surface area contributed by atoms with E-state index in [4.69, 9.17) is 19.4 Å². The molecule has 5 atom stereocenters. The number of imidazole rings is 2. The molecule has 4 N–H and O–H groups in total. The molecule has 0 unspecified atom stereocenters. The normalized spacial score (nSPS) is 20.1. The molecule has 1 spiro atoms. The maximum atomic E-state index is 14.0. The molecule has 2 saturated heterocycles. The molecule has 5 aromatic rings. The summed E-state index contributed by atoms with van der Waals surface area (Å²) in [5.74, 6) is 0.430. The zero-order chi connectivity index (χ0) is 44.8. The smallest absolute Gasteiger partial charge is 0.407 e. The molecule has 8 rings (SSSR count). The summed E-state index contributed by atoms with van der Waals surface area (Å²) >= 11 is 0. The average molecular weight is 854 g/mol. The summed E-state index contributed by atoms with van der Waals surface area (Å²) in [5.41, 5.74) is 5.19. The molecular formula is C48H55N9O6. The van der Waals surface area contributed by atoms with Crippen molar-refractivity contribution in [3.05, 3.63) is 84.7 Å². The summed E-state index contributed by atoms with van der Waals surface area (Å²) in [6.07, 6.45) is 5.69. The Morgan fingerprint density at radius 3 is 1.92 bits per heavy atom. The largest absolute Gasteiger partial charge is 0.453 e. The minimum Gasteiger partial charge on any atom is -0.453 e. The molecule has 15 nitrogen and oxygen atoms in total. The van der Waals surface area contributed by atoms with Gasteiger partial charge in [-0.05, 0) is 82.0 Å². The van der Waals surface area contributed by atoms with Crippen LogP contribution in [0, 0.1) is 34.0 Å². The van der Waals surface area contributed by atoms with Crippen molar-refractivity contribution in [2.45, 2.75) is 84.5 Å². The fourth-order valence-corrected chi connectivity index (χ4v) is 9.11. The van der Waals surface area contributed by atoms with Gasteiger partial charge in [0.2, 0.25) is 11.8 Å². The molecule has 1 saturated carbocycles. The van der Waals surface area contributed by atoms with Crippen LogP contribution in [0.3, 0.4) is 0 Å². The Hall–Kier alpha value is -6.69. The highest BCUT2D eigenvalue weighted by Gasteiger charge is 2.55. The van der Waals surface area contributed by atoms with Gasteiger partial charge in [0.05, 0.1) is 62.1 Å². The summed E-state index contributed by atoms with van der Waals surface area (Å²) < 4.78 is 9.62. The van der Waals surface area contributed by atoms with E-state index >= 15 is 0 Å². The Labute approximate surface area is 366 Å². The molecule has 2 aromatic heterocycles. The number of aromatic amines is 2. The predicted octanol–water partition coefficient (Wildman–Crippen LogP) is 7.91. The number of H-pyrrole nitrogens is 2. The van der Waals surface area contributed by atoms with Gasteiger partial charge in [0.1, 0.15) is 23.7 Å². The van der Waals surface area contributed by atoms with Gasteiger partial charge in [-0.25, -0.2) is 19.6 Å². The number of nitrogens with zero attached hydrogens (tertiary/aromatic N) is 5. The summed E-state index contributed by atoms with van der Waals surface area (Å²) in [6.45, 7) is 10.3. The van der Waals surface area contributed by atoms with Crippen molar-refractivity contribution >= 4 is 34.8 Å². The van der Waals surface area contributed by atoms with E-state index in [0.717, 1.165) is 69.5 Å². The van der Waals surface area contributed by atoms with Crippen molar-refractivity contribution in [3.8, 4) is 39.7 Å². The van der Waals surface area contributed by atoms with Gasteiger partial charge in [-0.1, -0.05) is 83.1 Å². The fourth-order valence-electron chi connectivity index (χ4n) is 9.11. The summed E-state index contributed by atoms with van der Waals surface area (Å²) in [4.78, 5) is 72.1. The van der Waals surface area contributed by atoms with Crippen LogP contribution in [0.1, 0.15) is 84.0 Å². The highest BCUT2D eigenvalue weighted by molar-refractivity contribution is 5.91. The lowest BCUT2D eigenvalue weighted by Gasteiger charge is -2.34. The van der Waals surface area contributed by atoms with Crippen LogP contribution >= 0.6 is 0 Å². The molecule has 3 fully saturated rings. The van der Waals surface area contributed by atoms with Gasteiger partial charge >= 0.3 is 12.2 Å². The predicted molar refractivity (Wildman–Crippen MR) is 236 cm³/mol. The number of aromatic nitrogens is 4. The van der Waals surface area contributed by atoms with Gasteiger partial charge in [0, 0.05) is 18.7 Å².